The summed E-state index contributed by atoms with van der Waals surface area (Å²) in [5.74, 6) is -0.0912. The Morgan fingerprint density at radius 2 is 1.91 bits per heavy atom. The van der Waals surface area contributed by atoms with E-state index in [1.807, 2.05) is 36.6 Å². The fraction of sp³-hybridized carbons (Fsp3) is 0.312. The van der Waals surface area contributed by atoms with Gasteiger partial charge in [0.05, 0.1) is 6.54 Å². The second-order valence-corrected chi connectivity index (χ2v) is 6.06. The fourth-order valence-electron chi connectivity index (χ4n) is 1.98. The molecule has 2 aromatic rings. The molecule has 1 aromatic carbocycles. The van der Waals surface area contributed by atoms with Crippen LogP contribution in [0.5, 0.6) is 0 Å². The van der Waals surface area contributed by atoms with Crippen LogP contribution in [0.3, 0.4) is 0 Å². The Morgan fingerprint density at radius 1 is 1.17 bits per heavy atom. The van der Waals surface area contributed by atoms with Crippen molar-refractivity contribution in [3.05, 3.63) is 45.9 Å². The Morgan fingerprint density at radius 3 is 2.52 bits per heavy atom. The maximum absolute atomic E-state index is 11.7. The summed E-state index contributed by atoms with van der Waals surface area (Å²) < 4.78 is 0. The second-order valence-electron chi connectivity index (χ2n) is 5.12. The summed E-state index contributed by atoms with van der Waals surface area (Å²) in [7, 11) is 0. The predicted octanol–water partition coefficient (Wildman–Crippen LogP) is 2.45. The highest BCUT2D eigenvalue weighted by molar-refractivity contribution is 7.09. The van der Waals surface area contributed by atoms with Crippen LogP contribution in [-0.2, 0) is 17.8 Å². The lowest BCUT2D eigenvalue weighted by molar-refractivity contribution is -0.114. The van der Waals surface area contributed by atoms with Crippen molar-refractivity contribution in [2.75, 3.05) is 11.9 Å². The van der Waals surface area contributed by atoms with Crippen LogP contribution in [0.4, 0.5) is 10.5 Å². The first kappa shape index (κ1) is 17.0. The smallest absolute Gasteiger partial charge is 0.315 e. The van der Waals surface area contributed by atoms with E-state index in [1.165, 1.54) is 18.3 Å². The van der Waals surface area contributed by atoms with Crippen LogP contribution in [0.25, 0.3) is 0 Å². The molecular weight excluding hydrogens is 312 g/mol. The Balaban J connectivity index is 1.67. The molecule has 0 fully saturated rings. The zero-order valence-corrected chi connectivity index (χ0v) is 14.0. The molecule has 6 nitrogen and oxygen atoms in total. The zero-order chi connectivity index (χ0) is 16.7. The van der Waals surface area contributed by atoms with Gasteiger partial charge in [0.1, 0.15) is 5.01 Å². The monoisotopic (exact) mass is 332 g/mol. The number of hydrogen-bond acceptors (Lipinski definition) is 4. The maximum Gasteiger partial charge on any atom is 0.315 e. The molecule has 0 aliphatic carbocycles. The molecule has 7 heteroatoms. The van der Waals surface area contributed by atoms with Crippen molar-refractivity contribution in [3.63, 3.8) is 0 Å². The second kappa shape index (κ2) is 8.28. The zero-order valence-electron chi connectivity index (χ0n) is 13.2. The number of thiazole rings is 1. The number of aromatic nitrogens is 1. The molecule has 0 saturated heterocycles. The third-order valence-corrected chi connectivity index (χ3v) is 4.01. The minimum absolute atomic E-state index is 0.0912. The molecule has 0 aliphatic heterocycles. The number of aryl methyl sites for hydroxylation is 1. The van der Waals surface area contributed by atoms with Gasteiger partial charge in [-0.15, -0.1) is 11.3 Å². The van der Waals surface area contributed by atoms with Gasteiger partial charge in [-0.1, -0.05) is 12.1 Å². The van der Waals surface area contributed by atoms with E-state index in [0.29, 0.717) is 13.1 Å². The number of hydrogen-bond donors (Lipinski definition) is 3. The van der Waals surface area contributed by atoms with E-state index in [4.69, 9.17) is 0 Å². The number of rotatable bonds is 6. The van der Waals surface area contributed by atoms with Gasteiger partial charge in [-0.3, -0.25) is 4.79 Å². The quantitative estimate of drug-likeness (QED) is 0.760. The molecule has 2 rings (SSSR count). The number of urea groups is 1. The van der Waals surface area contributed by atoms with Gasteiger partial charge in [0.25, 0.3) is 0 Å². The van der Waals surface area contributed by atoms with Crippen LogP contribution in [0.15, 0.2) is 29.6 Å². The number of anilines is 1. The summed E-state index contributed by atoms with van der Waals surface area (Å²) >= 11 is 1.53. The van der Waals surface area contributed by atoms with Crippen LogP contribution in [-0.4, -0.2) is 23.5 Å². The van der Waals surface area contributed by atoms with Crippen LogP contribution < -0.4 is 16.0 Å². The Kier molecular flexibility index (Phi) is 6.10. The van der Waals surface area contributed by atoms with Crippen molar-refractivity contribution in [1.82, 2.24) is 15.6 Å². The average molecular weight is 332 g/mol. The minimum Gasteiger partial charge on any atom is -0.338 e. The molecule has 0 atom stereocenters. The summed E-state index contributed by atoms with van der Waals surface area (Å²) in [6, 6.07) is 7.36. The number of carbonyl (C=O) groups excluding carboxylic acids is 2. The third-order valence-electron chi connectivity index (χ3n) is 3.04. The van der Waals surface area contributed by atoms with Gasteiger partial charge in [0.15, 0.2) is 0 Å². The molecule has 0 radical (unpaired) electrons. The van der Waals surface area contributed by atoms with Crippen molar-refractivity contribution >= 4 is 29.0 Å². The molecule has 0 spiro atoms. The summed E-state index contributed by atoms with van der Waals surface area (Å²) in [6.45, 7) is 4.39. The predicted molar refractivity (Wildman–Crippen MR) is 91.5 cm³/mol. The molecule has 3 N–H and O–H groups in total. The van der Waals surface area contributed by atoms with Gasteiger partial charge in [-0.25, -0.2) is 9.78 Å². The highest BCUT2D eigenvalue weighted by atomic mass is 32.1. The first-order valence-corrected chi connectivity index (χ1v) is 8.20. The first-order chi connectivity index (χ1) is 11.0. The van der Waals surface area contributed by atoms with Crippen LogP contribution in [0.2, 0.25) is 0 Å². The van der Waals surface area contributed by atoms with E-state index in [1.54, 1.807) is 0 Å². The number of nitrogens with one attached hydrogen (secondary N) is 3. The highest BCUT2D eigenvalue weighted by Gasteiger charge is 2.03. The number of carbonyl (C=O) groups is 2. The van der Waals surface area contributed by atoms with Crippen molar-refractivity contribution in [2.45, 2.75) is 26.8 Å². The molecule has 122 valence electrons. The van der Waals surface area contributed by atoms with Crippen LogP contribution in [0.1, 0.15) is 23.2 Å². The lowest BCUT2D eigenvalue weighted by Gasteiger charge is -2.07. The van der Waals surface area contributed by atoms with Gasteiger partial charge in [0, 0.05) is 30.2 Å². The maximum atomic E-state index is 11.7. The third kappa shape index (κ3) is 6.07. The Labute approximate surface area is 139 Å². The average Bonchev–Trinajstić information content (AvgIpc) is 2.92. The molecule has 0 bridgehead atoms. The van der Waals surface area contributed by atoms with E-state index >= 15 is 0 Å². The summed E-state index contributed by atoms with van der Waals surface area (Å²) in [5.41, 5.74) is 2.83. The van der Waals surface area contributed by atoms with Gasteiger partial charge >= 0.3 is 6.03 Å². The first-order valence-electron chi connectivity index (χ1n) is 7.32. The van der Waals surface area contributed by atoms with E-state index in [9.17, 15) is 9.59 Å². The lowest BCUT2D eigenvalue weighted by atomic mass is 10.1. The molecule has 0 aliphatic rings. The van der Waals surface area contributed by atoms with E-state index < -0.39 is 0 Å². The lowest BCUT2D eigenvalue weighted by Crippen LogP contribution is -2.36. The minimum atomic E-state index is -0.201. The fourth-order valence-corrected chi connectivity index (χ4v) is 2.69. The van der Waals surface area contributed by atoms with Crippen molar-refractivity contribution < 1.29 is 9.59 Å². The molecule has 1 heterocycles. The van der Waals surface area contributed by atoms with Crippen molar-refractivity contribution in [1.29, 1.82) is 0 Å². The normalized spacial score (nSPS) is 10.2. The van der Waals surface area contributed by atoms with Crippen LogP contribution >= 0.6 is 11.3 Å². The summed E-state index contributed by atoms with van der Waals surface area (Å²) in [6.07, 6.45) is 0.726. The van der Waals surface area contributed by atoms with E-state index in [0.717, 1.165) is 28.4 Å². The van der Waals surface area contributed by atoms with Crippen molar-refractivity contribution in [2.24, 2.45) is 0 Å². The number of nitrogens with zero attached hydrogens (tertiary/aromatic N) is 1. The summed E-state index contributed by atoms with van der Waals surface area (Å²) in [5, 5.41) is 11.2. The topological polar surface area (TPSA) is 83.1 Å². The Bertz CT molecular complexity index is 667. The van der Waals surface area contributed by atoms with Gasteiger partial charge < -0.3 is 16.0 Å². The standard InChI is InChI=1S/C16H20N4O2S/c1-11-10-23-15(19-11)9-18-16(22)17-8-7-13-3-5-14(6-4-13)20-12(2)21/h3-6,10H,7-9H2,1-2H3,(H,20,21)(H2,17,18,22). The number of amides is 3. The van der Waals surface area contributed by atoms with Crippen LogP contribution in [0, 0.1) is 6.92 Å². The van der Waals surface area contributed by atoms with E-state index in [2.05, 4.69) is 20.9 Å². The molecule has 23 heavy (non-hydrogen) atoms. The Hall–Kier alpha value is -2.41. The molecule has 0 saturated carbocycles. The van der Waals surface area contributed by atoms with Gasteiger partial charge in [0.2, 0.25) is 5.91 Å². The van der Waals surface area contributed by atoms with Gasteiger partial charge in [-0.05, 0) is 31.0 Å². The molecular formula is C16H20N4O2S. The molecule has 3 amide bonds. The number of benzene rings is 1. The molecule has 1 aromatic heterocycles. The van der Waals surface area contributed by atoms with Crippen molar-refractivity contribution in [3.8, 4) is 0 Å². The highest BCUT2D eigenvalue weighted by Crippen LogP contribution is 2.10. The SMILES string of the molecule is CC(=O)Nc1ccc(CCNC(=O)NCc2nc(C)cs2)cc1. The summed E-state index contributed by atoms with van der Waals surface area (Å²) in [4.78, 5) is 26.9. The largest absolute Gasteiger partial charge is 0.338 e. The van der Waals surface area contributed by atoms with Gasteiger partial charge in [-0.2, -0.15) is 0 Å². The van der Waals surface area contributed by atoms with E-state index in [-0.39, 0.29) is 11.9 Å². The molecule has 0 unspecified atom stereocenters.